The Kier molecular flexibility index (Phi) is 12.4. The van der Waals surface area contributed by atoms with Crippen LogP contribution in [0.5, 0.6) is 0 Å². The lowest BCUT2D eigenvalue weighted by Crippen LogP contribution is -2.17. The Bertz CT molecular complexity index is 656. The first kappa shape index (κ1) is 26.1. The Morgan fingerprint density at radius 2 is 1.57 bits per heavy atom. The lowest BCUT2D eigenvalue weighted by Gasteiger charge is -2.26. The first-order valence-corrected chi connectivity index (χ1v) is 10.9. The Labute approximate surface area is 174 Å². The second-order valence-electron chi connectivity index (χ2n) is 8.04. The zero-order chi connectivity index (χ0) is 21.7. The standard InChI is InChI=1S/C13H18O.C12H18.C2H6/c1-10(2)13(4)8-5-6-12(7-9-13)11(3)14;1-4-5-11-6-8-12(9-7-11)10(2)3;1-2/h5-10H,1-4H3;6-10H,4-5H2,1-3H3;1-2H3. The maximum Gasteiger partial charge on any atom is 0.159 e. The van der Waals surface area contributed by atoms with Crippen LogP contribution < -0.4 is 0 Å². The van der Waals surface area contributed by atoms with Crippen LogP contribution in [0.25, 0.3) is 0 Å². The average Bonchev–Trinajstić information content (AvgIpc) is 2.88. The molecule has 28 heavy (non-hydrogen) atoms. The Morgan fingerprint density at radius 1 is 1.00 bits per heavy atom. The van der Waals surface area contributed by atoms with Crippen LogP contribution in [0.3, 0.4) is 0 Å². The van der Waals surface area contributed by atoms with E-state index in [4.69, 9.17) is 0 Å². The highest BCUT2D eigenvalue weighted by Gasteiger charge is 2.22. The van der Waals surface area contributed by atoms with E-state index in [0.717, 1.165) is 5.57 Å². The van der Waals surface area contributed by atoms with Crippen LogP contribution in [-0.4, -0.2) is 5.78 Å². The summed E-state index contributed by atoms with van der Waals surface area (Å²) in [5, 5.41) is 0. The molecule has 1 nitrogen and oxygen atoms in total. The van der Waals surface area contributed by atoms with Gasteiger partial charge in [0.1, 0.15) is 0 Å². The van der Waals surface area contributed by atoms with E-state index >= 15 is 0 Å². The lowest BCUT2D eigenvalue weighted by atomic mass is 9.79. The van der Waals surface area contributed by atoms with E-state index in [0.29, 0.717) is 11.8 Å². The van der Waals surface area contributed by atoms with Crippen LogP contribution in [0.1, 0.15) is 85.8 Å². The van der Waals surface area contributed by atoms with Crippen LogP contribution in [0.2, 0.25) is 0 Å². The highest BCUT2D eigenvalue weighted by molar-refractivity contribution is 5.96. The zero-order valence-corrected chi connectivity index (χ0v) is 19.7. The zero-order valence-electron chi connectivity index (χ0n) is 19.7. The van der Waals surface area contributed by atoms with Gasteiger partial charge in [-0.25, -0.2) is 0 Å². The van der Waals surface area contributed by atoms with Crippen molar-refractivity contribution in [3.05, 3.63) is 71.3 Å². The monoisotopic (exact) mass is 382 g/mol. The topological polar surface area (TPSA) is 17.1 Å². The smallest absolute Gasteiger partial charge is 0.159 e. The molecular weight excluding hydrogens is 340 g/mol. The van der Waals surface area contributed by atoms with Crippen molar-refractivity contribution >= 4 is 5.78 Å². The van der Waals surface area contributed by atoms with Crippen LogP contribution in [0, 0.1) is 11.3 Å². The highest BCUT2D eigenvalue weighted by atomic mass is 16.1. The molecule has 0 saturated carbocycles. The van der Waals surface area contributed by atoms with Crippen molar-refractivity contribution in [3.8, 4) is 0 Å². The van der Waals surface area contributed by atoms with Gasteiger partial charge in [0.15, 0.2) is 5.78 Å². The minimum atomic E-state index is 0.0632. The van der Waals surface area contributed by atoms with Crippen LogP contribution in [0.4, 0.5) is 0 Å². The third kappa shape index (κ3) is 8.87. The minimum absolute atomic E-state index is 0.0632. The molecule has 1 aromatic carbocycles. The summed E-state index contributed by atoms with van der Waals surface area (Å²) in [5.41, 5.74) is 3.75. The van der Waals surface area contributed by atoms with Crippen molar-refractivity contribution in [2.75, 3.05) is 0 Å². The molecule has 1 atom stereocenters. The lowest BCUT2D eigenvalue weighted by molar-refractivity contribution is -0.113. The molecule has 2 rings (SSSR count). The summed E-state index contributed by atoms with van der Waals surface area (Å²) < 4.78 is 0. The number of allylic oxidation sites excluding steroid dienone is 6. The van der Waals surface area contributed by atoms with E-state index in [1.807, 2.05) is 32.1 Å². The van der Waals surface area contributed by atoms with E-state index < -0.39 is 0 Å². The van der Waals surface area contributed by atoms with E-state index in [2.05, 4.69) is 78.0 Å². The summed E-state index contributed by atoms with van der Waals surface area (Å²) in [6, 6.07) is 8.99. The molecular formula is C27H42O. The van der Waals surface area contributed by atoms with E-state index in [-0.39, 0.29) is 11.2 Å². The minimum Gasteiger partial charge on any atom is -0.295 e. The Hall–Kier alpha value is -1.89. The number of benzene rings is 1. The van der Waals surface area contributed by atoms with Gasteiger partial charge >= 0.3 is 0 Å². The van der Waals surface area contributed by atoms with E-state index in [9.17, 15) is 4.79 Å². The molecule has 156 valence electrons. The predicted octanol–water partition coefficient (Wildman–Crippen LogP) is 8.08. The summed E-state index contributed by atoms with van der Waals surface area (Å²) in [5.74, 6) is 1.31. The van der Waals surface area contributed by atoms with Crippen molar-refractivity contribution in [2.24, 2.45) is 11.3 Å². The van der Waals surface area contributed by atoms with Gasteiger partial charge in [-0.2, -0.15) is 0 Å². The Morgan fingerprint density at radius 3 is 2.00 bits per heavy atom. The van der Waals surface area contributed by atoms with Crippen LogP contribution in [-0.2, 0) is 11.2 Å². The SMILES string of the molecule is CC.CC(=O)C1=CC=CC(C)(C(C)C)C=C1.CCCc1ccc(C(C)C)cc1. The number of carbonyl (C=O) groups excluding carboxylic acids is 1. The predicted molar refractivity (Wildman–Crippen MR) is 126 cm³/mol. The number of ketones is 1. The van der Waals surface area contributed by atoms with Crippen LogP contribution in [0.15, 0.2) is 60.2 Å². The fourth-order valence-corrected chi connectivity index (χ4v) is 2.72. The van der Waals surface area contributed by atoms with Gasteiger partial charge in [0, 0.05) is 11.0 Å². The van der Waals surface area contributed by atoms with Gasteiger partial charge in [-0.1, -0.05) is 116 Å². The third-order valence-corrected chi connectivity index (χ3v) is 5.19. The number of carbonyl (C=O) groups is 1. The number of aryl methyl sites for hydroxylation is 1. The molecule has 0 N–H and O–H groups in total. The summed E-state index contributed by atoms with van der Waals surface area (Å²) in [6.45, 7) is 18.8. The first-order valence-electron chi connectivity index (χ1n) is 10.9. The molecule has 0 fully saturated rings. The summed E-state index contributed by atoms with van der Waals surface area (Å²) in [4.78, 5) is 11.2. The fourth-order valence-electron chi connectivity index (χ4n) is 2.72. The normalized spacial score (nSPS) is 17.9. The van der Waals surface area contributed by atoms with Gasteiger partial charge in [0.05, 0.1) is 0 Å². The number of hydrogen-bond acceptors (Lipinski definition) is 1. The van der Waals surface area contributed by atoms with Gasteiger partial charge in [0.2, 0.25) is 0 Å². The molecule has 0 amide bonds. The van der Waals surface area contributed by atoms with Gasteiger partial charge in [-0.15, -0.1) is 0 Å². The summed E-state index contributed by atoms with van der Waals surface area (Å²) in [7, 11) is 0. The number of rotatable bonds is 5. The van der Waals surface area contributed by atoms with Crippen molar-refractivity contribution in [1.29, 1.82) is 0 Å². The quantitative estimate of drug-likeness (QED) is 0.503. The second kappa shape index (κ2) is 13.3. The first-order chi connectivity index (χ1) is 13.2. The second-order valence-corrected chi connectivity index (χ2v) is 8.04. The molecule has 1 heteroatoms. The molecule has 0 bridgehead atoms. The van der Waals surface area contributed by atoms with Crippen molar-refractivity contribution in [1.82, 2.24) is 0 Å². The Balaban J connectivity index is 0.000000483. The molecule has 0 radical (unpaired) electrons. The van der Waals surface area contributed by atoms with Crippen LogP contribution >= 0.6 is 0 Å². The molecule has 1 unspecified atom stereocenters. The van der Waals surface area contributed by atoms with Crippen molar-refractivity contribution < 1.29 is 4.79 Å². The summed E-state index contributed by atoms with van der Waals surface area (Å²) >= 11 is 0. The molecule has 1 aliphatic carbocycles. The van der Waals surface area contributed by atoms with Crippen molar-refractivity contribution in [2.45, 2.75) is 81.1 Å². The van der Waals surface area contributed by atoms with E-state index in [1.165, 1.54) is 24.0 Å². The van der Waals surface area contributed by atoms with Gasteiger partial charge in [-0.05, 0) is 36.3 Å². The number of hydrogen-bond donors (Lipinski definition) is 0. The maximum absolute atomic E-state index is 11.2. The third-order valence-electron chi connectivity index (χ3n) is 5.19. The molecule has 0 heterocycles. The fraction of sp³-hybridized carbons (Fsp3) is 0.519. The molecule has 0 spiro atoms. The number of Topliss-reactive ketones (excluding diaryl/α,β-unsaturated/α-hetero) is 1. The van der Waals surface area contributed by atoms with Gasteiger partial charge < -0.3 is 0 Å². The van der Waals surface area contributed by atoms with Gasteiger partial charge in [0.25, 0.3) is 0 Å². The average molecular weight is 383 g/mol. The molecule has 0 aliphatic heterocycles. The van der Waals surface area contributed by atoms with Gasteiger partial charge in [-0.3, -0.25) is 4.79 Å². The largest absolute Gasteiger partial charge is 0.295 e. The maximum atomic E-state index is 11.2. The molecule has 0 aromatic heterocycles. The summed E-state index contributed by atoms with van der Waals surface area (Å²) in [6.07, 6.45) is 12.5. The highest BCUT2D eigenvalue weighted by Crippen LogP contribution is 2.32. The van der Waals surface area contributed by atoms with Crippen molar-refractivity contribution in [3.63, 3.8) is 0 Å². The molecule has 1 aliphatic rings. The molecule has 0 saturated heterocycles. The molecule has 1 aromatic rings. The van der Waals surface area contributed by atoms with E-state index in [1.54, 1.807) is 6.92 Å².